The molecular formula is C20H20ClN3O3. The summed E-state index contributed by atoms with van der Waals surface area (Å²) in [7, 11) is 0. The first-order valence-corrected chi connectivity index (χ1v) is 8.94. The van der Waals surface area contributed by atoms with Crippen molar-refractivity contribution in [3.63, 3.8) is 0 Å². The smallest absolute Gasteiger partial charge is 0.249 e. The van der Waals surface area contributed by atoms with Gasteiger partial charge in [-0.1, -0.05) is 23.7 Å². The van der Waals surface area contributed by atoms with E-state index in [0.29, 0.717) is 28.1 Å². The molecule has 140 valence electrons. The van der Waals surface area contributed by atoms with Crippen LogP contribution in [0.15, 0.2) is 51.3 Å². The third-order valence-corrected chi connectivity index (χ3v) is 4.26. The van der Waals surface area contributed by atoms with Gasteiger partial charge >= 0.3 is 0 Å². The van der Waals surface area contributed by atoms with E-state index in [2.05, 4.69) is 10.2 Å². The van der Waals surface area contributed by atoms with Crippen LogP contribution in [0.25, 0.3) is 17.5 Å². The molecule has 0 fully saturated rings. The summed E-state index contributed by atoms with van der Waals surface area (Å²) in [6.07, 6.45) is 3.12. The van der Waals surface area contributed by atoms with Crippen molar-refractivity contribution in [3.05, 3.63) is 64.9 Å². The first-order valence-electron chi connectivity index (χ1n) is 8.56. The molecule has 3 rings (SSSR count). The van der Waals surface area contributed by atoms with E-state index >= 15 is 0 Å². The Morgan fingerprint density at radius 2 is 1.96 bits per heavy atom. The zero-order valence-electron chi connectivity index (χ0n) is 15.3. The van der Waals surface area contributed by atoms with E-state index in [4.69, 9.17) is 20.4 Å². The Morgan fingerprint density at radius 1 is 1.19 bits per heavy atom. The maximum Gasteiger partial charge on any atom is 0.249 e. The molecule has 2 heterocycles. The molecule has 0 saturated carbocycles. The van der Waals surface area contributed by atoms with Crippen molar-refractivity contribution >= 4 is 23.6 Å². The van der Waals surface area contributed by atoms with Gasteiger partial charge in [0.05, 0.1) is 17.1 Å². The first-order chi connectivity index (χ1) is 12.9. The molecule has 0 N–H and O–H groups in total. The molecule has 0 atom stereocenters. The summed E-state index contributed by atoms with van der Waals surface area (Å²) in [5.74, 6) is 1.92. The van der Waals surface area contributed by atoms with Gasteiger partial charge in [-0.2, -0.15) is 0 Å². The number of hydrogen-bond acceptors (Lipinski definition) is 5. The maximum atomic E-state index is 12.6. The topological polar surface area (TPSA) is 72.4 Å². The number of furan rings is 1. The molecular weight excluding hydrogens is 366 g/mol. The van der Waals surface area contributed by atoms with E-state index in [0.717, 1.165) is 5.76 Å². The molecule has 27 heavy (non-hydrogen) atoms. The third-order valence-electron chi connectivity index (χ3n) is 3.93. The number of carbonyl (C=O) groups is 1. The number of amides is 1. The quantitative estimate of drug-likeness (QED) is 0.573. The second kappa shape index (κ2) is 8.22. The lowest BCUT2D eigenvalue weighted by atomic mass is 10.2. The van der Waals surface area contributed by atoms with Crippen molar-refractivity contribution in [1.82, 2.24) is 15.1 Å². The number of nitrogens with zero attached hydrogens (tertiary/aromatic N) is 3. The maximum absolute atomic E-state index is 12.6. The van der Waals surface area contributed by atoms with Crippen LogP contribution in [0.1, 0.15) is 31.3 Å². The second-order valence-corrected chi connectivity index (χ2v) is 6.73. The van der Waals surface area contributed by atoms with Crippen LogP contribution in [-0.4, -0.2) is 27.0 Å². The van der Waals surface area contributed by atoms with Crippen LogP contribution in [0.3, 0.4) is 0 Å². The molecule has 0 aliphatic heterocycles. The Bertz CT molecular complexity index is 959. The summed E-state index contributed by atoms with van der Waals surface area (Å²) in [6, 6.07) is 10.8. The number of hydrogen-bond donors (Lipinski definition) is 0. The lowest BCUT2D eigenvalue weighted by Gasteiger charge is -2.23. The van der Waals surface area contributed by atoms with E-state index in [1.54, 1.807) is 23.1 Å². The Kier molecular flexibility index (Phi) is 5.76. The predicted octanol–water partition coefficient (Wildman–Crippen LogP) is 4.74. The SMILES string of the molecule is Cc1ccc(/C=C/C(=O)N(Cc2nnc(-c3ccccc3Cl)o2)C(C)C)o1. The van der Waals surface area contributed by atoms with E-state index in [1.165, 1.54) is 6.08 Å². The number of aryl methyl sites for hydroxylation is 1. The number of benzene rings is 1. The Balaban J connectivity index is 1.74. The molecule has 0 aliphatic rings. The normalized spacial score (nSPS) is 11.4. The molecule has 0 spiro atoms. The van der Waals surface area contributed by atoms with Gasteiger partial charge in [0.2, 0.25) is 17.7 Å². The molecule has 2 aromatic heterocycles. The Labute approximate surface area is 162 Å². The fraction of sp³-hybridized carbons (Fsp3) is 0.250. The van der Waals surface area contributed by atoms with Crippen LogP contribution in [0, 0.1) is 6.92 Å². The number of carbonyl (C=O) groups excluding carboxylic acids is 1. The summed E-state index contributed by atoms with van der Waals surface area (Å²) >= 11 is 6.17. The van der Waals surface area contributed by atoms with Crippen molar-refractivity contribution < 1.29 is 13.6 Å². The highest BCUT2D eigenvalue weighted by Crippen LogP contribution is 2.26. The van der Waals surface area contributed by atoms with E-state index in [9.17, 15) is 4.79 Å². The Morgan fingerprint density at radius 3 is 2.63 bits per heavy atom. The van der Waals surface area contributed by atoms with Crippen LogP contribution < -0.4 is 0 Å². The highest BCUT2D eigenvalue weighted by atomic mass is 35.5. The molecule has 3 aromatic rings. The second-order valence-electron chi connectivity index (χ2n) is 6.32. The summed E-state index contributed by atoms with van der Waals surface area (Å²) in [4.78, 5) is 14.2. The average Bonchev–Trinajstić information content (AvgIpc) is 3.26. The fourth-order valence-electron chi connectivity index (χ4n) is 2.51. The van der Waals surface area contributed by atoms with Crippen molar-refractivity contribution in [2.24, 2.45) is 0 Å². The molecule has 0 saturated heterocycles. The van der Waals surface area contributed by atoms with Gasteiger partial charge in [-0.3, -0.25) is 4.79 Å². The van der Waals surface area contributed by atoms with Crippen LogP contribution in [0.4, 0.5) is 0 Å². The van der Waals surface area contributed by atoms with Crippen LogP contribution in [0.2, 0.25) is 5.02 Å². The predicted molar refractivity (Wildman–Crippen MR) is 103 cm³/mol. The van der Waals surface area contributed by atoms with Crippen molar-refractivity contribution in [2.75, 3.05) is 0 Å². The number of halogens is 1. The minimum absolute atomic E-state index is 0.0452. The van der Waals surface area contributed by atoms with Gasteiger partial charge in [0.1, 0.15) is 11.5 Å². The van der Waals surface area contributed by atoms with Crippen LogP contribution in [-0.2, 0) is 11.3 Å². The number of aromatic nitrogens is 2. The van der Waals surface area contributed by atoms with E-state index < -0.39 is 0 Å². The molecule has 1 amide bonds. The van der Waals surface area contributed by atoms with Gasteiger partial charge < -0.3 is 13.7 Å². The Hall–Kier alpha value is -2.86. The van der Waals surface area contributed by atoms with E-state index in [1.807, 2.05) is 45.0 Å². The minimum atomic E-state index is -0.170. The zero-order valence-corrected chi connectivity index (χ0v) is 16.1. The van der Waals surface area contributed by atoms with Crippen LogP contribution >= 0.6 is 11.6 Å². The molecule has 7 heteroatoms. The van der Waals surface area contributed by atoms with Gasteiger partial charge in [0, 0.05) is 12.1 Å². The first kappa shape index (κ1) is 18.9. The third kappa shape index (κ3) is 4.65. The molecule has 0 radical (unpaired) electrons. The van der Waals surface area contributed by atoms with Crippen LogP contribution in [0.5, 0.6) is 0 Å². The summed E-state index contributed by atoms with van der Waals surface area (Å²) in [5, 5.41) is 8.62. The zero-order chi connectivity index (χ0) is 19.4. The molecule has 1 aromatic carbocycles. The highest BCUT2D eigenvalue weighted by Gasteiger charge is 2.19. The van der Waals surface area contributed by atoms with Gasteiger partial charge in [-0.05, 0) is 51.1 Å². The highest BCUT2D eigenvalue weighted by molar-refractivity contribution is 6.33. The summed E-state index contributed by atoms with van der Waals surface area (Å²) in [6.45, 7) is 5.91. The van der Waals surface area contributed by atoms with Gasteiger partial charge in [-0.15, -0.1) is 10.2 Å². The van der Waals surface area contributed by atoms with Crippen molar-refractivity contribution in [1.29, 1.82) is 0 Å². The largest absolute Gasteiger partial charge is 0.462 e. The van der Waals surface area contributed by atoms with E-state index in [-0.39, 0.29) is 18.5 Å². The monoisotopic (exact) mass is 385 g/mol. The minimum Gasteiger partial charge on any atom is -0.462 e. The average molecular weight is 386 g/mol. The summed E-state index contributed by atoms with van der Waals surface area (Å²) < 4.78 is 11.1. The molecule has 0 bridgehead atoms. The van der Waals surface area contributed by atoms with Crippen molar-refractivity contribution in [3.8, 4) is 11.5 Å². The summed E-state index contributed by atoms with van der Waals surface area (Å²) in [5.41, 5.74) is 0.661. The van der Waals surface area contributed by atoms with Crippen molar-refractivity contribution in [2.45, 2.75) is 33.4 Å². The van der Waals surface area contributed by atoms with Gasteiger partial charge in [0.15, 0.2) is 0 Å². The van der Waals surface area contributed by atoms with Gasteiger partial charge in [0.25, 0.3) is 0 Å². The number of rotatable bonds is 6. The standard InChI is InChI=1S/C20H20ClN3O3/c1-13(2)24(19(25)11-10-15-9-8-14(3)26-15)12-18-22-23-20(27-18)16-6-4-5-7-17(16)21/h4-11,13H,12H2,1-3H3/b11-10+. The molecule has 0 aliphatic carbocycles. The fourth-order valence-corrected chi connectivity index (χ4v) is 2.73. The molecule has 0 unspecified atom stereocenters. The lowest BCUT2D eigenvalue weighted by molar-refractivity contribution is -0.128. The molecule has 6 nitrogen and oxygen atoms in total. The van der Waals surface area contributed by atoms with Gasteiger partial charge in [-0.25, -0.2) is 0 Å². The lowest BCUT2D eigenvalue weighted by Crippen LogP contribution is -2.35.